The van der Waals surface area contributed by atoms with Gasteiger partial charge in [-0.05, 0) is 62.1 Å². The molecule has 1 saturated carbocycles. The number of rotatable bonds is 4. The van der Waals surface area contributed by atoms with Crippen molar-refractivity contribution in [2.75, 3.05) is 23.5 Å². The van der Waals surface area contributed by atoms with Gasteiger partial charge in [-0.15, -0.1) is 0 Å². The highest BCUT2D eigenvalue weighted by Crippen LogP contribution is 2.53. The van der Waals surface area contributed by atoms with Gasteiger partial charge in [0.05, 0.1) is 15.7 Å². The molecule has 1 amide bonds. The number of nitrogens with one attached hydrogen (secondary N) is 1. The molecule has 0 atom stereocenters. The molecule has 35 heavy (non-hydrogen) atoms. The van der Waals surface area contributed by atoms with Crippen LogP contribution < -0.4 is 15.0 Å². The van der Waals surface area contributed by atoms with E-state index >= 15 is 0 Å². The standard InChI is InChI=1S/C26H25Cl2N5O2/c1-15(2)32-12-16-10-17(6-7-19(16)26(13-32)8-9-26)30-25-29-11-18-23(31-25)35-14-33(24(18)34)22-20(27)4-3-5-21(22)28/h3-7,10-11,15H,8-9,12-14H2,1-2H3,(H,29,30,31). The third-order valence-electron chi connectivity index (χ3n) is 7.16. The van der Waals surface area contributed by atoms with E-state index < -0.39 is 0 Å². The Morgan fingerprint density at radius 3 is 2.63 bits per heavy atom. The number of carbonyl (C=O) groups excluding carboxylic acids is 1. The van der Waals surface area contributed by atoms with Crippen LogP contribution in [0.3, 0.4) is 0 Å². The number of amides is 1. The SMILES string of the molecule is CC(C)N1Cc2cc(Nc3ncc4c(n3)OCN(c3c(Cl)cccc3Cl)C4=O)ccc2C2(CC2)C1. The summed E-state index contributed by atoms with van der Waals surface area (Å²) in [4.78, 5) is 25.9. The minimum atomic E-state index is -0.315. The summed E-state index contributed by atoms with van der Waals surface area (Å²) in [6.07, 6.45) is 3.99. The Morgan fingerprint density at radius 1 is 1.14 bits per heavy atom. The van der Waals surface area contributed by atoms with E-state index in [4.69, 9.17) is 27.9 Å². The zero-order chi connectivity index (χ0) is 24.3. The van der Waals surface area contributed by atoms with Crippen LogP contribution in [0.2, 0.25) is 10.0 Å². The molecule has 9 heteroatoms. The van der Waals surface area contributed by atoms with Crippen molar-refractivity contribution < 1.29 is 9.53 Å². The minimum absolute atomic E-state index is 0.0439. The predicted molar refractivity (Wildman–Crippen MR) is 137 cm³/mol. The van der Waals surface area contributed by atoms with Crippen LogP contribution in [-0.2, 0) is 12.0 Å². The number of para-hydroxylation sites is 1. The molecular weight excluding hydrogens is 485 g/mol. The Labute approximate surface area is 214 Å². The quantitative estimate of drug-likeness (QED) is 0.480. The summed E-state index contributed by atoms with van der Waals surface area (Å²) in [6, 6.07) is 12.1. The van der Waals surface area contributed by atoms with Crippen LogP contribution in [0, 0.1) is 0 Å². The predicted octanol–water partition coefficient (Wildman–Crippen LogP) is 5.78. The summed E-state index contributed by atoms with van der Waals surface area (Å²) in [5, 5.41) is 4.02. The average molecular weight is 510 g/mol. The molecule has 1 spiro atoms. The highest BCUT2D eigenvalue weighted by atomic mass is 35.5. The fourth-order valence-corrected chi connectivity index (χ4v) is 5.67. The number of anilines is 3. The van der Waals surface area contributed by atoms with E-state index in [1.807, 2.05) is 0 Å². The van der Waals surface area contributed by atoms with E-state index in [1.165, 1.54) is 35.1 Å². The second-order valence-electron chi connectivity index (χ2n) is 9.77. The number of carbonyl (C=O) groups is 1. The summed E-state index contributed by atoms with van der Waals surface area (Å²) in [7, 11) is 0. The molecule has 0 radical (unpaired) electrons. The number of benzene rings is 2. The van der Waals surface area contributed by atoms with Crippen LogP contribution in [0.4, 0.5) is 17.3 Å². The van der Waals surface area contributed by atoms with Gasteiger partial charge in [0.15, 0.2) is 6.73 Å². The molecule has 2 aliphatic heterocycles. The Morgan fingerprint density at radius 2 is 1.91 bits per heavy atom. The average Bonchev–Trinajstić information content (AvgIpc) is 3.59. The van der Waals surface area contributed by atoms with Gasteiger partial charge in [0.1, 0.15) is 5.56 Å². The van der Waals surface area contributed by atoms with E-state index in [0.29, 0.717) is 33.1 Å². The molecule has 0 saturated heterocycles. The summed E-state index contributed by atoms with van der Waals surface area (Å²) in [5.74, 6) is 0.288. The number of fused-ring (bicyclic) bond motifs is 3. The van der Waals surface area contributed by atoms with Crippen LogP contribution >= 0.6 is 23.2 Å². The first-order chi connectivity index (χ1) is 16.8. The molecule has 3 aliphatic rings. The largest absolute Gasteiger partial charge is 0.455 e. The molecule has 0 unspecified atom stereocenters. The van der Waals surface area contributed by atoms with Gasteiger partial charge in [-0.1, -0.05) is 35.3 Å². The Bertz CT molecular complexity index is 1320. The van der Waals surface area contributed by atoms with Crippen LogP contribution in [0.5, 0.6) is 5.88 Å². The van der Waals surface area contributed by atoms with Gasteiger partial charge in [-0.3, -0.25) is 14.6 Å². The van der Waals surface area contributed by atoms with Crippen LogP contribution in [0.15, 0.2) is 42.6 Å². The van der Waals surface area contributed by atoms with Gasteiger partial charge < -0.3 is 10.1 Å². The number of nitrogens with zero attached hydrogens (tertiary/aromatic N) is 4. The molecule has 1 aliphatic carbocycles. The Kier molecular flexibility index (Phi) is 5.40. The van der Waals surface area contributed by atoms with Gasteiger partial charge >= 0.3 is 0 Å². The van der Waals surface area contributed by atoms with Gasteiger partial charge in [0.25, 0.3) is 5.91 Å². The molecule has 3 heterocycles. The van der Waals surface area contributed by atoms with Crippen molar-refractivity contribution in [1.29, 1.82) is 0 Å². The molecule has 6 rings (SSSR count). The molecule has 1 aromatic heterocycles. The van der Waals surface area contributed by atoms with Crippen molar-refractivity contribution in [3.8, 4) is 5.88 Å². The van der Waals surface area contributed by atoms with Crippen LogP contribution in [0.1, 0.15) is 48.2 Å². The number of hydrogen-bond acceptors (Lipinski definition) is 6. The first-order valence-electron chi connectivity index (χ1n) is 11.7. The van der Waals surface area contributed by atoms with E-state index in [9.17, 15) is 4.79 Å². The number of hydrogen-bond donors (Lipinski definition) is 1. The molecule has 1 N–H and O–H groups in total. The molecule has 0 bridgehead atoms. The lowest BCUT2D eigenvalue weighted by Crippen LogP contribution is -2.41. The van der Waals surface area contributed by atoms with E-state index in [2.05, 4.69) is 52.2 Å². The molecule has 3 aromatic rings. The fourth-order valence-electron chi connectivity index (χ4n) is 5.07. The van der Waals surface area contributed by atoms with Crippen molar-refractivity contribution in [2.45, 2.75) is 44.7 Å². The van der Waals surface area contributed by atoms with Gasteiger partial charge in [0, 0.05) is 36.4 Å². The Balaban J connectivity index is 1.25. The first-order valence-corrected chi connectivity index (χ1v) is 12.5. The summed E-state index contributed by atoms with van der Waals surface area (Å²) in [6.45, 7) is 6.55. The molecule has 7 nitrogen and oxygen atoms in total. The maximum Gasteiger partial charge on any atom is 0.268 e. The van der Waals surface area contributed by atoms with Crippen LogP contribution in [-0.4, -0.2) is 40.1 Å². The third-order valence-corrected chi connectivity index (χ3v) is 7.77. The third kappa shape index (κ3) is 3.92. The highest BCUT2D eigenvalue weighted by Gasteiger charge is 2.49. The molecule has 2 aromatic carbocycles. The lowest BCUT2D eigenvalue weighted by Gasteiger charge is -2.37. The lowest BCUT2D eigenvalue weighted by atomic mass is 9.86. The van der Waals surface area contributed by atoms with Gasteiger partial charge in [-0.2, -0.15) is 4.98 Å². The maximum atomic E-state index is 13.1. The molecule has 180 valence electrons. The van der Waals surface area contributed by atoms with Crippen molar-refractivity contribution in [1.82, 2.24) is 14.9 Å². The monoisotopic (exact) mass is 509 g/mol. The topological polar surface area (TPSA) is 70.6 Å². The van der Waals surface area contributed by atoms with E-state index in [1.54, 1.807) is 18.2 Å². The smallest absolute Gasteiger partial charge is 0.268 e. The lowest BCUT2D eigenvalue weighted by molar-refractivity contribution is 0.0932. The second-order valence-corrected chi connectivity index (χ2v) is 10.6. The fraction of sp³-hybridized carbons (Fsp3) is 0.346. The zero-order valence-corrected chi connectivity index (χ0v) is 21.0. The normalized spacial score (nSPS) is 18.3. The second kappa shape index (κ2) is 8.36. The minimum Gasteiger partial charge on any atom is -0.455 e. The highest BCUT2D eigenvalue weighted by molar-refractivity contribution is 6.40. The van der Waals surface area contributed by atoms with Crippen molar-refractivity contribution >= 4 is 46.4 Å². The number of ether oxygens (including phenoxy) is 1. The van der Waals surface area contributed by atoms with Crippen molar-refractivity contribution in [3.05, 3.63) is 69.3 Å². The van der Waals surface area contributed by atoms with Crippen LogP contribution in [0.25, 0.3) is 0 Å². The van der Waals surface area contributed by atoms with E-state index in [0.717, 1.165) is 18.8 Å². The molecule has 1 fully saturated rings. The summed E-state index contributed by atoms with van der Waals surface area (Å²) < 4.78 is 5.81. The maximum absolute atomic E-state index is 13.1. The number of halogens is 2. The first kappa shape index (κ1) is 22.6. The number of aromatic nitrogens is 2. The Hall–Kier alpha value is -2.87. The van der Waals surface area contributed by atoms with Gasteiger partial charge in [0.2, 0.25) is 11.8 Å². The van der Waals surface area contributed by atoms with Crippen molar-refractivity contribution in [2.24, 2.45) is 0 Å². The van der Waals surface area contributed by atoms with Gasteiger partial charge in [-0.25, -0.2) is 4.98 Å². The van der Waals surface area contributed by atoms with Crippen molar-refractivity contribution in [3.63, 3.8) is 0 Å². The zero-order valence-electron chi connectivity index (χ0n) is 19.5. The summed E-state index contributed by atoms with van der Waals surface area (Å²) in [5.41, 5.74) is 4.72. The van der Waals surface area contributed by atoms with E-state index in [-0.39, 0.29) is 24.1 Å². The molecular formula is C26H25Cl2N5O2. The summed E-state index contributed by atoms with van der Waals surface area (Å²) >= 11 is 12.6.